The van der Waals surface area contributed by atoms with Gasteiger partial charge >= 0.3 is 0 Å². The highest BCUT2D eigenvalue weighted by Crippen LogP contribution is 2.26. The summed E-state index contributed by atoms with van der Waals surface area (Å²) >= 11 is 2.75. The molecule has 0 aliphatic carbocycles. The zero-order valence-corrected chi connectivity index (χ0v) is 25.0. The van der Waals surface area contributed by atoms with E-state index in [1.807, 2.05) is 45.2 Å². The third-order valence-corrected chi connectivity index (χ3v) is 6.59. The smallest absolute Gasteiger partial charge is 0.249 e. The van der Waals surface area contributed by atoms with Crippen molar-refractivity contribution in [1.29, 1.82) is 0 Å². The van der Waals surface area contributed by atoms with E-state index in [2.05, 4.69) is 20.8 Å². The van der Waals surface area contributed by atoms with Crippen molar-refractivity contribution in [2.45, 2.75) is 59.5 Å². The Hall–Kier alpha value is -3.35. The molecule has 0 bridgehead atoms. The third-order valence-electron chi connectivity index (χ3n) is 4.81. The van der Waals surface area contributed by atoms with Gasteiger partial charge in [0.2, 0.25) is 16.9 Å². The summed E-state index contributed by atoms with van der Waals surface area (Å²) in [5, 5.41) is 16.4. The topological polar surface area (TPSA) is 127 Å². The zero-order valence-electron chi connectivity index (χ0n) is 23.3. The van der Waals surface area contributed by atoms with Crippen molar-refractivity contribution in [1.82, 2.24) is 15.5 Å². The third kappa shape index (κ3) is 13.6. The lowest BCUT2D eigenvalue weighted by Crippen LogP contribution is -2.46. The second-order valence-corrected chi connectivity index (χ2v) is 10.7. The van der Waals surface area contributed by atoms with Gasteiger partial charge < -0.3 is 11.1 Å². The average molecular weight is 594 g/mol. The van der Waals surface area contributed by atoms with E-state index in [4.69, 9.17) is 5.73 Å². The first kappa shape index (κ1) is 34.7. The maximum atomic E-state index is 13.1. The van der Waals surface area contributed by atoms with Crippen molar-refractivity contribution >= 4 is 45.4 Å². The number of carbonyl (C=O) groups is 3. The van der Waals surface area contributed by atoms with Crippen LogP contribution < -0.4 is 16.4 Å². The number of nitrogens with one attached hydrogen (secondary N) is 2. The molecule has 0 fully saturated rings. The molecular weight excluding hydrogens is 556 g/mol. The average Bonchev–Trinajstić information content (AvgIpc) is 3.61. The van der Waals surface area contributed by atoms with E-state index in [0.717, 1.165) is 4.88 Å². The number of anilines is 1. The Kier molecular flexibility index (Phi) is 16.3. The minimum absolute atomic E-state index is 0.257. The zero-order chi connectivity index (χ0) is 30.1. The first-order chi connectivity index (χ1) is 19.1. The summed E-state index contributed by atoms with van der Waals surface area (Å²) in [5.41, 5.74) is 6.77. The van der Waals surface area contributed by atoms with E-state index in [0.29, 0.717) is 34.5 Å². The number of rotatable bonds is 11. The van der Waals surface area contributed by atoms with Crippen LogP contribution in [0.3, 0.4) is 0 Å². The molecule has 8 nitrogen and oxygen atoms in total. The van der Waals surface area contributed by atoms with Gasteiger partial charge in [-0.1, -0.05) is 51.2 Å². The number of ketones is 1. The fraction of sp³-hybridized carbons (Fsp3) is 0.393. The number of carbonyl (C=O) groups excluding carboxylic acids is 3. The highest BCUT2D eigenvalue weighted by Gasteiger charge is 2.19. The Labute approximate surface area is 242 Å². The van der Waals surface area contributed by atoms with Gasteiger partial charge in [0.15, 0.2) is 5.78 Å². The van der Waals surface area contributed by atoms with Gasteiger partial charge in [-0.15, -0.1) is 21.5 Å². The number of hydrogen-bond donors (Lipinski definition) is 3. The van der Waals surface area contributed by atoms with Gasteiger partial charge in [0.25, 0.3) is 0 Å². The van der Waals surface area contributed by atoms with Gasteiger partial charge in [0.1, 0.15) is 17.5 Å². The van der Waals surface area contributed by atoms with E-state index in [1.165, 1.54) is 36.5 Å². The molecule has 0 aliphatic rings. The van der Waals surface area contributed by atoms with E-state index < -0.39 is 18.5 Å². The minimum Gasteiger partial charge on any atom is -0.349 e. The molecule has 3 rings (SSSR count). The second kappa shape index (κ2) is 18.9. The van der Waals surface area contributed by atoms with E-state index >= 15 is 0 Å². The highest BCUT2D eigenvalue weighted by atomic mass is 32.1. The minimum atomic E-state index is -0.833. The summed E-state index contributed by atoms with van der Waals surface area (Å²) in [6.45, 7) is 8.45. The summed E-state index contributed by atoms with van der Waals surface area (Å²) in [6, 6.07) is 8.76. The van der Waals surface area contributed by atoms with E-state index in [1.54, 1.807) is 29.5 Å². The van der Waals surface area contributed by atoms with Crippen LogP contribution in [-0.4, -0.2) is 46.6 Å². The van der Waals surface area contributed by atoms with Crippen LogP contribution in [0.25, 0.3) is 10.6 Å². The number of hydrogen-bond acceptors (Lipinski definition) is 8. The Morgan fingerprint density at radius 2 is 1.75 bits per heavy atom. The molecule has 12 heteroatoms. The van der Waals surface area contributed by atoms with Crippen LogP contribution in [0.5, 0.6) is 0 Å². The van der Waals surface area contributed by atoms with Crippen molar-refractivity contribution in [3.63, 3.8) is 0 Å². The number of halogens is 2. The van der Waals surface area contributed by atoms with E-state index in [9.17, 15) is 23.2 Å². The summed E-state index contributed by atoms with van der Waals surface area (Å²) in [4.78, 5) is 35.4. The molecule has 0 spiro atoms. The first-order valence-electron chi connectivity index (χ1n) is 12.8. The standard InChI is InChI=1S/C23H26FN5O2S2.C3H5FO.C2H6/c1-14(2)12-17(26-21(31)19(25)13-18-4-3-11-32-18)9-10-20(30)27-23-29-28-22(33-23)15-5-7-16(24)8-6-15;1-3(5)2-4;1-2/h3-11,14,17,19H,12-13,25H2,1-2H3,(H,26,31)(H,27,29,30);2H2,1H3;1-2H3/b10-9+;;/t17-,19+;;/m1../s1. The van der Waals surface area contributed by atoms with Gasteiger partial charge in [-0.3, -0.25) is 19.7 Å². The molecule has 0 saturated heterocycles. The van der Waals surface area contributed by atoms with Gasteiger partial charge in [-0.05, 0) is 55.0 Å². The SMILES string of the molecule is CC.CC(=O)CF.CC(C)C[C@@H](/C=C/C(=O)Nc1nnc(-c2ccc(F)cc2)s1)NC(=O)[C@@H](N)Cc1cccs1. The van der Waals surface area contributed by atoms with Crippen molar-refractivity contribution in [3.8, 4) is 10.6 Å². The van der Waals surface area contributed by atoms with Crippen LogP contribution in [0.2, 0.25) is 0 Å². The van der Waals surface area contributed by atoms with Crippen LogP contribution in [-0.2, 0) is 20.8 Å². The van der Waals surface area contributed by atoms with Crippen LogP contribution in [0.15, 0.2) is 53.9 Å². The number of nitrogens with two attached hydrogens (primary N) is 1. The van der Waals surface area contributed by atoms with Crippen molar-refractivity contribution in [2.75, 3.05) is 12.0 Å². The number of Topliss-reactive ketones (excluding diaryl/α,β-unsaturated/α-hetero) is 1. The lowest BCUT2D eigenvalue weighted by Gasteiger charge is -2.19. The molecule has 1 aromatic carbocycles. The van der Waals surface area contributed by atoms with Crippen LogP contribution in [0.4, 0.5) is 13.9 Å². The molecule has 2 heterocycles. The molecule has 0 saturated carbocycles. The fourth-order valence-electron chi connectivity index (χ4n) is 3.05. The lowest BCUT2D eigenvalue weighted by atomic mass is 10.0. The highest BCUT2D eigenvalue weighted by molar-refractivity contribution is 7.18. The number of alkyl halides is 1. The lowest BCUT2D eigenvalue weighted by molar-refractivity contribution is -0.123. The first-order valence-corrected chi connectivity index (χ1v) is 14.5. The van der Waals surface area contributed by atoms with Crippen LogP contribution >= 0.6 is 22.7 Å². The molecule has 0 radical (unpaired) electrons. The molecule has 40 heavy (non-hydrogen) atoms. The molecule has 2 amide bonds. The Morgan fingerprint density at radius 1 is 1.10 bits per heavy atom. The Morgan fingerprint density at radius 3 is 2.30 bits per heavy atom. The number of aromatic nitrogens is 2. The summed E-state index contributed by atoms with van der Waals surface area (Å²) in [6.07, 6.45) is 4.16. The van der Waals surface area contributed by atoms with E-state index in [-0.39, 0.29) is 23.7 Å². The molecule has 0 unspecified atom stereocenters. The maximum Gasteiger partial charge on any atom is 0.249 e. The van der Waals surface area contributed by atoms with Crippen LogP contribution in [0, 0.1) is 11.7 Å². The number of thiophene rings is 1. The van der Waals surface area contributed by atoms with Gasteiger partial charge in [-0.25, -0.2) is 8.78 Å². The maximum absolute atomic E-state index is 13.1. The Bertz CT molecular complexity index is 1200. The molecule has 0 aliphatic heterocycles. The molecular formula is C28H37F2N5O3S2. The van der Waals surface area contributed by atoms with Crippen molar-refractivity contribution < 1.29 is 23.2 Å². The summed E-state index contributed by atoms with van der Waals surface area (Å²) < 4.78 is 23.9. The Balaban J connectivity index is 0.00000103. The number of amides is 2. The molecule has 4 N–H and O–H groups in total. The monoisotopic (exact) mass is 593 g/mol. The number of nitrogens with zero attached hydrogens (tertiary/aromatic N) is 2. The molecule has 3 aromatic rings. The summed E-state index contributed by atoms with van der Waals surface area (Å²) in [5.74, 6) is -1.09. The van der Waals surface area contributed by atoms with Crippen LogP contribution in [0.1, 0.15) is 45.9 Å². The van der Waals surface area contributed by atoms with Gasteiger partial charge in [-0.2, -0.15) is 0 Å². The predicted molar refractivity (Wildman–Crippen MR) is 158 cm³/mol. The van der Waals surface area contributed by atoms with Gasteiger partial charge in [0.05, 0.1) is 6.04 Å². The fourth-order valence-corrected chi connectivity index (χ4v) is 4.57. The van der Waals surface area contributed by atoms with Gasteiger partial charge in [0, 0.05) is 29.0 Å². The normalized spacial score (nSPS) is 12.0. The van der Waals surface area contributed by atoms with Crippen molar-refractivity contribution in [2.24, 2.45) is 11.7 Å². The summed E-state index contributed by atoms with van der Waals surface area (Å²) in [7, 11) is 0. The van der Waals surface area contributed by atoms with Crippen molar-refractivity contribution in [3.05, 3.63) is 64.6 Å². The molecule has 2 atom stereocenters. The quantitative estimate of drug-likeness (QED) is 0.250. The second-order valence-electron chi connectivity index (χ2n) is 8.74. The number of benzene rings is 1. The molecule has 2 aromatic heterocycles. The predicted octanol–water partition coefficient (Wildman–Crippen LogP) is 5.57. The largest absolute Gasteiger partial charge is 0.349 e. The molecule has 218 valence electrons.